The molecule has 1 amide bonds. The second-order valence-electron chi connectivity index (χ2n) is 5.01. The molecule has 1 unspecified atom stereocenters. The van der Waals surface area contributed by atoms with Crippen LogP contribution in [0.4, 0.5) is 0 Å². The van der Waals surface area contributed by atoms with Crippen molar-refractivity contribution in [1.29, 1.82) is 0 Å². The maximum atomic E-state index is 12.6. The second kappa shape index (κ2) is 5.54. The fourth-order valence-corrected chi connectivity index (χ4v) is 4.76. The van der Waals surface area contributed by atoms with Crippen LogP contribution in [0.15, 0.2) is 17.5 Å². The summed E-state index contributed by atoms with van der Waals surface area (Å²) in [6.07, 6.45) is 2.80. The molecule has 0 spiro atoms. The first-order chi connectivity index (χ1) is 9.65. The van der Waals surface area contributed by atoms with E-state index in [1.807, 2.05) is 17.5 Å². The van der Waals surface area contributed by atoms with Crippen molar-refractivity contribution in [3.8, 4) is 0 Å². The molecule has 2 aromatic rings. The van der Waals surface area contributed by atoms with E-state index < -0.39 is 5.97 Å². The van der Waals surface area contributed by atoms with Crippen LogP contribution in [0.25, 0.3) is 9.40 Å². The Kier molecular flexibility index (Phi) is 3.76. The maximum absolute atomic E-state index is 12.6. The number of carbonyl (C=O) groups excluding carboxylic acids is 1. The SMILES string of the molecule is O=C(O)CC1CCCCN1C(=O)c1cc2sccc2s1. The third-order valence-corrected chi connectivity index (χ3v) is 5.73. The molecule has 3 heterocycles. The lowest BCUT2D eigenvalue weighted by Gasteiger charge is -2.34. The largest absolute Gasteiger partial charge is 0.481 e. The van der Waals surface area contributed by atoms with E-state index in [0.717, 1.165) is 33.5 Å². The summed E-state index contributed by atoms with van der Waals surface area (Å²) in [4.78, 5) is 26.0. The molecule has 106 valence electrons. The van der Waals surface area contributed by atoms with Crippen LogP contribution in [-0.2, 0) is 4.79 Å². The number of carboxylic acid groups (broad SMARTS) is 1. The highest BCUT2D eigenvalue weighted by atomic mass is 32.1. The lowest BCUT2D eigenvalue weighted by molar-refractivity contribution is -0.138. The Balaban J connectivity index is 1.83. The summed E-state index contributed by atoms with van der Waals surface area (Å²) in [6.45, 7) is 0.669. The van der Waals surface area contributed by atoms with E-state index in [1.54, 1.807) is 16.2 Å². The molecule has 1 atom stereocenters. The summed E-state index contributed by atoms with van der Waals surface area (Å²) >= 11 is 3.13. The van der Waals surface area contributed by atoms with E-state index >= 15 is 0 Å². The van der Waals surface area contributed by atoms with Crippen LogP contribution in [0.1, 0.15) is 35.4 Å². The number of likely N-dealkylation sites (tertiary alicyclic amines) is 1. The third-order valence-electron chi connectivity index (χ3n) is 3.65. The molecule has 0 bridgehead atoms. The zero-order valence-corrected chi connectivity index (χ0v) is 12.5. The molecule has 0 radical (unpaired) electrons. The molecular formula is C14H15NO3S2. The smallest absolute Gasteiger partial charge is 0.305 e. The second-order valence-corrected chi connectivity index (χ2v) is 7.04. The monoisotopic (exact) mass is 309 g/mol. The van der Waals surface area contributed by atoms with Gasteiger partial charge in [0.15, 0.2) is 0 Å². The van der Waals surface area contributed by atoms with Gasteiger partial charge < -0.3 is 10.0 Å². The van der Waals surface area contributed by atoms with Crippen LogP contribution in [0.2, 0.25) is 0 Å². The van der Waals surface area contributed by atoms with Crippen LogP contribution in [0, 0.1) is 0 Å². The number of fused-ring (bicyclic) bond motifs is 1. The number of piperidine rings is 1. The number of thiophene rings is 2. The average molecular weight is 309 g/mol. The van der Waals surface area contributed by atoms with Crippen molar-refractivity contribution >= 4 is 43.9 Å². The van der Waals surface area contributed by atoms with Gasteiger partial charge in [-0.3, -0.25) is 9.59 Å². The lowest BCUT2D eigenvalue weighted by atomic mass is 9.99. The van der Waals surface area contributed by atoms with Crippen LogP contribution < -0.4 is 0 Å². The van der Waals surface area contributed by atoms with Gasteiger partial charge in [-0.1, -0.05) is 0 Å². The van der Waals surface area contributed by atoms with Gasteiger partial charge in [0.1, 0.15) is 0 Å². The molecule has 1 aliphatic rings. The highest BCUT2D eigenvalue weighted by Crippen LogP contribution is 2.32. The Labute approximate surface area is 124 Å². The number of carboxylic acids is 1. The van der Waals surface area contributed by atoms with Gasteiger partial charge in [-0.2, -0.15) is 0 Å². The van der Waals surface area contributed by atoms with Crippen molar-refractivity contribution in [3.63, 3.8) is 0 Å². The number of nitrogens with zero attached hydrogens (tertiary/aromatic N) is 1. The van der Waals surface area contributed by atoms with Gasteiger partial charge in [-0.05, 0) is 36.8 Å². The van der Waals surface area contributed by atoms with Crippen molar-refractivity contribution < 1.29 is 14.7 Å². The number of aliphatic carboxylic acids is 1. The number of carbonyl (C=O) groups is 2. The predicted molar refractivity (Wildman–Crippen MR) is 80.6 cm³/mol. The highest BCUT2D eigenvalue weighted by Gasteiger charge is 2.29. The summed E-state index contributed by atoms with van der Waals surface area (Å²) in [7, 11) is 0. The summed E-state index contributed by atoms with van der Waals surface area (Å²) < 4.78 is 2.26. The Bertz CT molecular complexity index is 617. The summed E-state index contributed by atoms with van der Waals surface area (Å²) in [5.74, 6) is -0.841. The lowest BCUT2D eigenvalue weighted by Crippen LogP contribution is -2.44. The topological polar surface area (TPSA) is 57.6 Å². The quantitative estimate of drug-likeness (QED) is 0.945. The van der Waals surface area contributed by atoms with Gasteiger partial charge >= 0.3 is 5.97 Å². The van der Waals surface area contributed by atoms with E-state index in [9.17, 15) is 9.59 Å². The van der Waals surface area contributed by atoms with Gasteiger partial charge in [-0.15, -0.1) is 22.7 Å². The molecule has 0 aliphatic carbocycles. The molecule has 1 fully saturated rings. The Morgan fingerprint density at radius 1 is 1.35 bits per heavy atom. The zero-order valence-electron chi connectivity index (χ0n) is 10.9. The first kappa shape index (κ1) is 13.6. The van der Waals surface area contributed by atoms with Gasteiger partial charge in [0.25, 0.3) is 5.91 Å². The minimum Gasteiger partial charge on any atom is -0.481 e. The first-order valence-corrected chi connectivity index (χ1v) is 8.34. The number of rotatable bonds is 3. The minimum atomic E-state index is -0.832. The van der Waals surface area contributed by atoms with Gasteiger partial charge in [-0.25, -0.2) is 0 Å². The van der Waals surface area contributed by atoms with E-state index in [4.69, 9.17) is 5.11 Å². The number of amides is 1. The molecule has 20 heavy (non-hydrogen) atoms. The van der Waals surface area contributed by atoms with Crippen molar-refractivity contribution in [1.82, 2.24) is 4.90 Å². The summed E-state index contributed by atoms with van der Waals surface area (Å²) in [5, 5.41) is 11.0. The molecule has 0 aromatic carbocycles. The van der Waals surface area contributed by atoms with Crippen LogP contribution in [0.3, 0.4) is 0 Å². The zero-order chi connectivity index (χ0) is 14.1. The Morgan fingerprint density at radius 3 is 2.95 bits per heavy atom. The predicted octanol–water partition coefficient (Wildman–Crippen LogP) is 3.43. The molecule has 6 heteroatoms. The molecule has 2 aromatic heterocycles. The van der Waals surface area contributed by atoms with Crippen molar-refractivity contribution in [2.75, 3.05) is 6.54 Å². The summed E-state index contributed by atoms with van der Waals surface area (Å²) in [6, 6.07) is 3.79. The molecule has 4 nitrogen and oxygen atoms in total. The van der Waals surface area contributed by atoms with E-state index in [0.29, 0.717) is 6.54 Å². The van der Waals surface area contributed by atoms with Crippen molar-refractivity contribution in [2.45, 2.75) is 31.7 Å². The van der Waals surface area contributed by atoms with E-state index in [2.05, 4.69) is 0 Å². The van der Waals surface area contributed by atoms with Gasteiger partial charge in [0, 0.05) is 22.0 Å². The van der Waals surface area contributed by atoms with E-state index in [-0.39, 0.29) is 18.4 Å². The molecule has 1 aliphatic heterocycles. The summed E-state index contributed by atoms with van der Waals surface area (Å²) in [5.41, 5.74) is 0. The number of hydrogen-bond donors (Lipinski definition) is 1. The van der Waals surface area contributed by atoms with E-state index in [1.165, 1.54) is 11.3 Å². The number of hydrogen-bond acceptors (Lipinski definition) is 4. The highest BCUT2D eigenvalue weighted by molar-refractivity contribution is 7.27. The Morgan fingerprint density at radius 2 is 2.20 bits per heavy atom. The fraction of sp³-hybridized carbons (Fsp3) is 0.429. The average Bonchev–Trinajstić information content (AvgIpc) is 2.98. The van der Waals surface area contributed by atoms with Gasteiger partial charge in [0.05, 0.1) is 11.3 Å². The first-order valence-electron chi connectivity index (χ1n) is 6.65. The normalized spacial score (nSPS) is 19.4. The minimum absolute atomic E-state index is 0.00986. The molecule has 1 N–H and O–H groups in total. The third kappa shape index (κ3) is 2.58. The van der Waals surface area contributed by atoms with Crippen LogP contribution in [-0.4, -0.2) is 34.5 Å². The van der Waals surface area contributed by atoms with Gasteiger partial charge in [0.2, 0.25) is 0 Å². The van der Waals surface area contributed by atoms with Crippen molar-refractivity contribution in [2.24, 2.45) is 0 Å². The molecule has 1 saturated heterocycles. The maximum Gasteiger partial charge on any atom is 0.305 e. The Hall–Kier alpha value is -1.40. The molecule has 0 saturated carbocycles. The van der Waals surface area contributed by atoms with Crippen molar-refractivity contribution in [3.05, 3.63) is 22.4 Å². The van der Waals surface area contributed by atoms with Crippen LogP contribution >= 0.6 is 22.7 Å². The fourth-order valence-electron chi connectivity index (χ4n) is 2.69. The molecule has 3 rings (SSSR count). The standard InChI is InChI=1S/C14H15NO3S2/c16-13(17)7-9-3-1-2-5-15(9)14(18)12-8-11-10(20-12)4-6-19-11/h4,6,8-9H,1-3,5,7H2,(H,16,17). The molecular weight excluding hydrogens is 294 g/mol. The van der Waals surface area contributed by atoms with Crippen LogP contribution in [0.5, 0.6) is 0 Å².